The second-order valence-corrected chi connectivity index (χ2v) is 8.89. The highest BCUT2D eigenvalue weighted by Crippen LogP contribution is 2.25. The molecule has 3 N–H and O–H groups in total. The van der Waals surface area contributed by atoms with E-state index in [4.69, 9.17) is 4.74 Å². The van der Waals surface area contributed by atoms with E-state index >= 15 is 0 Å². The Morgan fingerprint density at radius 2 is 1.78 bits per heavy atom. The first-order valence-corrected chi connectivity index (χ1v) is 9.75. The maximum absolute atomic E-state index is 11.5. The third-order valence-electron chi connectivity index (χ3n) is 3.17. The van der Waals surface area contributed by atoms with E-state index in [1.807, 2.05) is 20.8 Å². The van der Waals surface area contributed by atoms with Crippen molar-refractivity contribution in [3.05, 3.63) is 16.1 Å². The molecule has 0 saturated heterocycles. The van der Waals surface area contributed by atoms with Gasteiger partial charge in [0.05, 0.1) is 17.2 Å². The molecule has 0 aliphatic heterocycles. The van der Waals surface area contributed by atoms with Crippen LogP contribution in [-0.2, 0) is 16.7 Å². The number of carbonyl (C=O) groups is 1. The van der Waals surface area contributed by atoms with E-state index in [-0.39, 0.29) is 29.4 Å². The number of amides is 1. The Kier molecular flexibility index (Phi) is 11.2. The van der Waals surface area contributed by atoms with E-state index in [0.29, 0.717) is 25.6 Å². The minimum absolute atomic E-state index is 0. The standard InChI is InChI=1S/C18H33N5O2S.HI/c1-17(2,3)14-23-13(12-26-14)11-22-15(19-7)20-9-8-10-21-16(24)25-18(4,5)6;/h12H,8-11H2,1-7H3,(H,21,24)(H2,19,20,22);1H. The van der Waals surface area contributed by atoms with Gasteiger partial charge in [0.15, 0.2) is 5.96 Å². The zero-order valence-electron chi connectivity index (χ0n) is 17.4. The third-order valence-corrected chi connectivity index (χ3v) is 4.48. The first-order valence-electron chi connectivity index (χ1n) is 8.87. The summed E-state index contributed by atoms with van der Waals surface area (Å²) in [6, 6.07) is 0. The largest absolute Gasteiger partial charge is 0.444 e. The first-order chi connectivity index (χ1) is 12.0. The molecule has 0 spiro atoms. The van der Waals surface area contributed by atoms with E-state index in [9.17, 15) is 4.79 Å². The van der Waals surface area contributed by atoms with Crippen molar-refractivity contribution < 1.29 is 9.53 Å². The van der Waals surface area contributed by atoms with E-state index < -0.39 is 11.7 Å². The molecule has 0 fully saturated rings. The second kappa shape index (κ2) is 11.7. The molecule has 1 heterocycles. The topological polar surface area (TPSA) is 87.6 Å². The normalized spacial score (nSPS) is 12.2. The highest BCUT2D eigenvalue weighted by molar-refractivity contribution is 14.0. The fourth-order valence-corrected chi connectivity index (χ4v) is 2.83. The summed E-state index contributed by atoms with van der Waals surface area (Å²) in [5, 5.41) is 12.4. The highest BCUT2D eigenvalue weighted by atomic mass is 127. The van der Waals surface area contributed by atoms with Gasteiger partial charge in [-0.1, -0.05) is 20.8 Å². The summed E-state index contributed by atoms with van der Waals surface area (Å²) in [6.07, 6.45) is 0.378. The van der Waals surface area contributed by atoms with Crippen LogP contribution < -0.4 is 16.0 Å². The molecule has 27 heavy (non-hydrogen) atoms. The quantitative estimate of drug-likeness (QED) is 0.235. The van der Waals surface area contributed by atoms with E-state index in [0.717, 1.165) is 17.1 Å². The minimum Gasteiger partial charge on any atom is -0.444 e. The molecular formula is C18H34IN5O2S. The number of thiazole rings is 1. The van der Waals surface area contributed by atoms with Crippen LogP contribution in [0.2, 0.25) is 0 Å². The Hall–Kier alpha value is -1.10. The molecule has 1 aromatic heterocycles. The van der Waals surface area contributed by atoms with Crippen LogP contribution in [0.15, 0.2) is 10.4 Å². The number of alkyl carbamates (subject to hydrolysis) is 1. The molecule has 156 valence electrons. The lowest BCUT2D eigenvalue weighted by molar-refractivity contribution is 0.0527. The summed E-state index contributed by atoms with van der Waals surface area (Å²) in [4.78, 5) is 20.4. The van der Waals surface area contributed by atoms with Gasteiger partial charge in [-0.25, -0.2) is 9.78 Å². The predicted octanol–water partition coefficient (Wildman–Crippen LogP) is 3.64. The van der Waals surface area contributed by atoms with Crippen LogP contribution >= 0.6 is 35.3 Å². The van der Waals surface area contributed by atoms with Gasteiger partial charge < -0.3 is 20.7 Å². The SMILES string of the molecule is CN=C(NCCCNC(=O)OC(C)(C)C)NCc1csc(C(C)(C)C)n1.I. The number of nitrogens with zero attached hydrogens (tertiary/aromatic N) is 2. The van der Waals surface area contributed by atoms with E-state index in [1.165, 1.54) is 0 Å². The molecule has 1 rings (SSSR count). The molecule has 1 aromatic rings. The summed E-state index contributed by atoms with van der Waals surface area (Å²) in [5.41, 5.74) is 0.607. The highest BCUT2D eigenvalue weighted by Gasteiger charge is 2.18. The first kappa shape index (κ1) is 25.9. The number of aromatic nitrogens is 1. The number of halogens is 1. The molecule has 0 aromatic carbocycles. The van der Waals surface area contributed by atoms with Crippen molar-refractivity contribution in [3.63, 3.8) is 0 Å². The zero-order valence-corrected chi connectivity index (χ0v) is 20.6. The van der Waals surface area contributed by atoms with Gasteiger partial charge in [-0.15, -0.1) is 35.3 Å². The fourth-order valence-electron chi connectivity index (χ4n) is 1.93. The van der Waals surface area contributed by atoms with Crippen molar-refractivity contribution in [2.45, 2.75) is 65.5 Å². The number of hydrogen-bond acceptors (Lipinski definition) is 5. The minimum atomic E-state index is -0.475. The van der Waals surface area contributed by atoms with Crippen LogP contribution in [0.5, 0.6) is 0 Å². The van der Waals surface area contributed by atoms with Gasteiger partial charge >= 0.3 is 6.09 Å². The Morgan fingerprint density at radius 1 is 1.15 bits per heavy atom. The van der Waals surface area contributed by atoms with Gasteiger partial charge in [-0.05, 0) is 27.2 Å². The van der Waals surface area contributed by atoms with Gasteiger partial charge in [-0.2, -0.15) is 0 Å². The number of guanidine groups is 1. The molecule has 0 unspecified atom stereocenters. The lowest BCUT2D eigenvalue weighted by atomic mass is 9.98. The van der Waals surface area contributed by atoms with Gasteiger partial charge in [0.25, 0.3) is 0 Å². The maximum atomic E-state index is 11.5. The van der Waals surface area contributed by atoms with Crippen LogP contribution in [0.1, 0.15) is 58.7 Å². The van der Waals surface area contributed by atoms with Crippen LogP contribution in [0.4, 0.5) is 4.79 Å². The molecule has 0 aliphatic rings. The van der Waals surface area contributed by atoms with E-state index in [2.05, 4.69) is 52.1 Å². The summed E-state index contributed by atoms with van der Waals surface area (Å²) in [7, 11) is 1.73. The van der Waals surface area contributed by atoms with Gasteiger partial charge in [0.2, 0.25) is 0 Å². The van der Waals surface area contributed by atoms with Crippen LogP contribution in [0.25, 0.3) is 0 Å². The van der Waals surface area contributed by atoms with Gasteiger partial charge in [-0.3, -0.25) is 4.99 Å². The second-order valence-electron chi connectivity index (χ2n) is 8.03. The van der Waals surface area contributed by atoms with Crippen molar-refractivity contribution in [3.8, 4) is 0 Å². The van der Waals surface area contributed by atoms with Crippen molar-refractivity contribution in [2.24, 2.45) is 4.99 Å². The van der Waals surface area contributed by atoms with Gasteiger partial charge in [0, 0.05) is 30.9 Å². The molecule has 0 atom stereocenters. The molecule has 0 aliphatic carbocycles. The number of ether oxygens (including phenoxy) is 1. The summed E-state index contributed by atoms with van der Waals surface area (Å²) < 4.78 is 5.19. The Labute approximate surface area is 184 Å². The van der Waals surface area contributed by atoms with Gasteiger partial charge in [0.1, 0.15) is 5.60 Å². The molecule has 0 saturated carbocycles. The average Bonchev–Trinajstić information content (AvgIpc) is 2.97. The van der Waals surface area contributed by atoms with Crippen LogP contribution in [-0.4, -0.2) is 42.8 Å². The molecule has 0 bridgehead atoms. The molecular weight excluding hydrogens is 477 g/mol. The summed E-state index contributed by atoms with van der Waals surface area (Å²) >= 11 is 1.68. The number of aliphatic imine (C=N–C) groups is 1. The van der Waals surface area contributed by atoms with Crippen molar-refractivity contribution >= 4 is 47.4 Å². The van der Waals surface area contributed by atoms with Crippen LogP contribution in [0.3, 0.4) is 0 Å². The Morgan fingerprint density at radius 3 is 2.30 bits per heavy atom. The third kappa shape index (κ3) is 11.4. The average molecular weight is 511 g/mol. The zero-order chi connectivity index (χ0) is 19.8. The van der Waals surface area contributed by atoms with Crippen molar-refractivity contribution in [1.82, 2.24) is 20.9 Å². The van der Waals surface area contributed by atoms with Crippen molar-refractivity contribution in [2.75, 3.05) is 20.1 Å². The summed E-state index contributed by atoms with van der Waals surface area (Å²) in [6.45, 7) is 13.9. The smallest absolute Gasteiger partial charge is 0.407 e. The number of nitrogens with one attached hydrogen (secondary N) is 3. The predicted molar refractivity (Wildman–Crippen MR) is 123 cm³/mol. The molecule has 0 radical (unpaired) electrons. The van der Waals surface area contributed by atoms with Crippen LogP contribution in [0, 0.1) is 0 Å². The number of carbonyl (C=O) groups excluding carboxylic acids is 1. The Bertz CT molecular complexity index is 606. The van der Waals surface area contributed by atoms with Crippen molar-refractivity contribution in [1.29, 1.82) is 0 Å². The number of hydrogen-bond donors (Lipinski definition) is 3. The monoisotopic (exact) mass is 511 g/mol. The number of rotatable bonds is 6. The Balaban J connectivity index is 0.00000676. The molecule has 7 nitrogen and oxygen atoms in total. The fraction of sp³-hybridized carbons (Fsp3) is 0.722. The maximum Gasteiger partial charge on any atom is 0.407 e. The lowest BCUT2D eigenvalue weighted by Crippen LogP contribution is -2.39. The summed E-state index contributed by atoms with van der Waals surface area (Å²) in [5.74, 6) is 0.715. The molecule has 9 heteroatoms. The lowest BCUT2D eigenvalue weighted by Gasteiger charge is -2.19. The molecule has 1 amide bonds. The van der Waals surface area contributed by atoms with E-state index in [1.54, 1.807) is 18.4 Å².